The van der Waals surface area contributed by atoms with Crippen LogP contribution in [0, 0.1) is 25.6 Å². The second kappa shape index (κ2) is 8.33. The van der Waals surface area contributed by atoms with Crippen LogP contribution in [0.2, 0.25) is 0 Å². The zero-order valence-corrected chi connectivity index (χ0v) is 15.8. The number of carbonyl (C=O) groups is 2. The maximum Gasteiger partial charge on any atom is 0.253 e. The number of likely N-dealkylation sites (tertiary alicyclic amines) is 1. The number of amides is 2. The quantitative estimate of drug-likeness (QED) is 0.894. The Balaban J connectivity index is 1.57. The zero-order chi connectivity index (χ0) is 19.4. The zero-order valence-electron chi connectivity index (χ0n) is 15.8. The van der Waals surface area contributed by atoms with E-state index in [9.17, 15) is 14.0 Å². The first-order chi connectivity index (χ1) is 12.9. The number of hydrogen-bond donors (Lipinski definition) is 1. The summed E-state index contributed by atoms with van der Waals surface area (Å²) in [6, 6.07) is 11.3. The van der Waals surface area contributed by atoms with Crippen LogP contribution in [-0.2, 0) is 0 Å². The van der Waals surface area contributed by atoms with Crippen LogP contribution in [0.5, 0.6) is 0 Å². The number of aryl methyl sites for hydroxylation is 2. The van der Waals surface area contributed by atoms with Crippen LogP contribution in [0.4, 0.5) is 4.39 Å². The van der Waals surface area contributed by atoms with Gasteiger partial charge >= 0.3 is 0 Å². The Hall–Kier alpha value is -2.69. The average molecular weight is 368 g/mol. The van der Waals surface area contributed by atoms with Crippen molar-refractivity contribution >= 4 is 11.8 Å². The Morgan fingerprint density at radius 2 is 1.78 bits per heavy atom. The monoisotopic (exact) mass is 368 g/mol. The molecule has 2 aromatic rings. The normalized spacial score (nSPS) is 16.9. The molecule has 1 unspecified atom stereocenters. The Kier molecular flexibility index (Phi) is 5.89. The SMILES string of the molecule is Cc1ccc(C(=O)N2CCCC(CNC(=O)c3ccc(F)cc3)C2)cc1C. The molecule has 0 spiro atoms. The van der Waals surface area contributed by atoms with Crippen molar-refractivity contribution in [3.05, 3.63) is 70.5 Å². The van der Waals surface area contributed by atoms with Crippen molar-refractivity contribution in [2.45, 2.75) is 26.7 Å². The van der Waals surface area contributed by atoms with Gasteiger partial charge in [0, 0.05) is 30.8 Å². The van der Waals surface area contributed by atoms with Gasteiger partial charge in [-0.05, 0) is 80.1 Å². The molecule has 1 atom stereocenters. The summed E-state index contributed by atoms with van der Waals surface area (Å²) < 4.78 is 13.0. The van der Waals surface area contributed by atoms with Crippen LogP contribution < -0.4 is 5.32 Å². The molecule has 142 valence electrons. The van der Waals surface area contributed by atoms with Crippen LogP contribution in [0.1, 0.15) is 44.7 Å². The van der Waals surface area contributed by atoms with Gasteiger partial charge in [-0.3, -0.25) is 9.59 Å². The van der Waals surface area contributed by atoms with Crippen molar-refractivity contribution in [3.8, 4) is 0 Å². The summed E-state index contributed by atoms with van der Waals surface area (Å²) in [5.41, 5.74) is 3.44. The van der Waals surface area contributed by atoms with Crippen LogP contribution in [0.15, 0.2) is 42.5 Å². The highest BCUT2D eigenvalue weighted by atomic mass is 19.1. The minimum atomic E-state index is -0.362. The van der Waals surface area contributed by atoms with Crippen LogP contribution in [0.25, 0.3) is 0 Å². The summed E-state index contributed by atoms with van der Waals surface area (Å²) in [4.78, 5) is 26.9. The summed E-state index contributed by atoms with van der Waals surface area (Å²) in [6.45, 7) is 5.93. The first kappa shape index (κ1) is 19.1. The Labute approximate surface area is 159 Å². The molecule has 0 aromatic heterocycles. The molecule has 1 aliphatic rings. The Morgan fingerprint density at radius 3 is 2.48 bits per heavy atom. The van der Waals surface area contributed by atoms with E-state index in [4.69, 9.17) is 0 Å². The number of benzene rings is 2. The highest BCUT2D eigenvalue weighted by Crippen LogP contribution is 2.19. The van der Waals surface area contributed by atoms with Crippen molar-refractivity contribution in [1.82, 2.24) is 10.2 Å². The van der Waals surface area contributed by atoms with Gasteiger partial charge in [0.1, 0.15) is 5.82 Å². The topological polar surface area (TPSA) is 49.4 Å². The number of halogens is 1. The number of rotatable bonds is 4. The lowest BCUT2D eigenvalue weighted by molar-refractivity contribution is 0.0671. The molecule has 5 heteroatoms. The lowest BCUT2D eigenvalue weighted by Gasteiger charge is -2.33. The molecule has 1 heterocycles. The average Bonchev–Trinajstić information content (AvgIpc) is 2.68. The summed E-state index contributed by atoms with van der Waals surface area (Å²) in [7, 11) is 0. The largest absolute Gasteiger partial charge is 0.352 e. The standard InChI is InChI=1S/C22H25FN2O2/c1-15-5-6-19(12-16(15)2)22(27)25-11-3-4-17(14-25)13-24-21(26)18-7-9-20(23)10-8-18/h5-10,12,17H,3-4,11,13-14H2,1-2H3,(H,24,26). The van der Waals surface area contributed by atoms with Crippen molar-refractivity contribution in [2.24, 2.45) is 5.92 Å². The third-order valence-electron chi connectivity index (χ3n) is 5.22. The van der Waals surface area contributed by atoms with Gasteiger partial charge < -0.3 is 10.2 Å². The summed E-state index contributed by atoms with van der Waals surface area (Å²) in [6.07, 6.45) is 1.90. The molecule has 0 radical (unpaired) electrons. The minimum Gasteiger partial charge on any atom is -0.352 e. The van der Waals surface area contributed by atoms with E-state index >= 15 is 0 Å². The lowest BCUT2D eigenvalue weighted by atomic mass is 9.96. The molecule has 3 rings (SSSR count). The highest BCUT2D eigenvalue weighted by Gasteiger charge is 2.25. The fourth-order valence-corrected chi connectivity index (χ4v) is 3.41. The first-order valence-corrected chi connectivity index (χ1v) is 9.34. The molecule has 27 heavy (non-hydrogen) atoms. The number of carbonyl (C=O) groups excluding carboxylic acids is 2. The van der Waals surface area contributed by atoms with E-state index in [0.717, 1.165) is 24.9 Å². The molecular weight excluding hydrogens is 343 g/mol. The molecule has 4 nitrogen and oxygen atoms in total. The third-order valence-corrected chi connectivity index (χ3v) is 5.22. The van der Waals surface area contributed by atoms with Gasteiger partial charge in [-0.2, -0.15) is 0 Å². The molecule has 0 aliphatic carbocycles. The lowest BCUT2D eigenvalue weighted by Crippen LogP contribution is -2.43. The van der Waals surface area contributed by atoms with Crippen molar-refractivity contribution in [1.29, 1.82) is 0 Å². The summed E-state index contributed by atoms with van der Waals surface area (Å²) in [5.74, 6) is -0.307. The van der Waals surface area contributed by atoms with E-state index < -0.39 is 0 Å². The fourth-order valence-electron chi connectivity index (χ4n) is 3.41. The molecule has 1 saturated heterocycles. The van der Waals surface area contributed by atoms with E-state index in [1.807, 2.05) is 36.9 Å². The van der Waals surface area contributed by atoms with Crippen molar-refractivity contribution in [2.75, 3.05) is 19.6 Å². The van der Waals surface area contributed by atoms with Gasteiger partial charge in [0.15, 0.2) is 0 Å². The van der Waals surface area contributed by atoms with Crippen molar-refractivity contribution < 1.29 is 14.0 Å². The van der Waals surface area contributed by atoms with E-state index in [2.05, 4.69) is 5.32 Å². The highest BCUT2D eigenvalue weighted by molar-refractivity contribution is 5.95. The first-order valence-electron chi connectivity index (χ1n) is 9.34. The minimum absolute atomic E-state index is 0.0488. The van der Waals surface area contributed by atoms with Crippen LogP contribution >= 0.6 is 0 Å². The number of hydrogen-bond acceptors (Lipinski definition) is 2. The van der Waals surface area contributed by atoms with Crippen molar-refractivity contribution in [3.63, 3.8) is 0 Å². The molecule has 1 fully saturated rings. The predicted molar refractivity (Wildman–Crippen MR) is 103 cm³/mol. The van der Waals surface area contributed by atoms with E-state index in [-0.39, 0.29) is 23.5 Å². The molecule has 2 amide bonds. The number of nitrogens with one attached hydrogen (secondary N) is 1. The van der Waals surface area contributed by atoms with Gasteiger partial charge in [0.25, 0.3) is 11.8 Å². The van der Waals surface area contributed by atoms with Gasteiger partial charge in [0.2, 0.25) is 0 Å². The number of piperidine rings is 1. The number of nitrogens with zero attached hydrogens (tertiary/aromatic N) is 1. The smallest absolute Gasteiger partial charge is 0.253 e. The van der Waals surface area contributed by atoms with Gasteiger partial charge in [-0.1, -0.05) is 6.07 Å². The van der Waals surface area contributed by atoms with E-state index in [1.54, 1.807) is 0 Å². The summed E-state index contributed by atoms with van der Waals surface area (Å²) >= 11 is 0. The van der Waals surface area contributed by atoms with Gasteiger partial charge in [0.05, 0.1) is 0 Å². The maximum absolute atomic E-state index is 13.0. The molecule has 1 N–H and O–H groups in total. The second-order valence-corrected chi connectivity index (χ2v) is 7.28. The van der Waals surface area contributed by atoms with Gasteiger partial charge in [-0.25, -0.2) is 4.39 Å². The molecule has 2 aromatic carbocycles. The van der Waals surface area contributed by atoms with E-state index in [0.29, 0.717) is 24.2 Å². The second-order valence-electron chi connectivity index (χ2n) is 7.28. The Morgan fingerprint density at radius 1 is 1.07 bits per heavy atom. The maximum atomic E-state index is 13.0. The van der Waals surface area contributed by atoms with Gasteiger partial charge in [-0.15, -0.1) is 0 Å². The molecule has 1 aliphatic heterocycles. The van der Waals surface area contributed by atoms with E-state index in [1.165, 1.54) is 29.8 Å². The third kappa shape index (κ3) is 4.73. The Bertz CT molecular complexity index is 833. The fraction of sp³-hybridized carbons (Fsp3) is 0.364. The van der Waals surface area contributed by atoms with Crippen LogP contribution in [-0.4, -0.2) is 36.3 Å². The molecule has 0 bridgehead atoms. The molecule has 0 saturated carbocycles. The van der Waals surface area contributed by atoms with Crippen LogP contribution in [0.3, 0.4) is 0 Å². The predicted octanol–water partition coefficient (Wildman–Crippen LogP) is 3.72. The molecular formula is C22H25FN2O2. The summed E-state index contributed by atoms with van der Waals surface area (Å²) in [5, 5.41) is 2.90.